The van der Waals surface area contributed by atoms with Crippen molar-refractivity contribution in [1.29, 1.82) is 0 Å². The molecule has 1 saturated heterocycles. The van der Waals surface area contributed by atoms with E-state index >= 15 is 0 Å². The first-order valence-corrected chi connectivity index (χ1v) is 8.82. The van der Waals surface area contributed by atoms with Crippen LogP contribution in [0.25, 0.3) is 11.5 Å². The van der Waals surface area contributed by atoms with Gasteiger partial charge in [0, 0.05) is 25.1 Å². The van der Waals surface area contributed by atoms with Crippen molar-refractivity contribution in [3.8, 4) is 11.5 Å². The molecule has 142 valence electrons. The van der Waals surface area contributed by atoms with Crippen LogP contribution >= 0.6 is 12.4 Å². The second-order valence-corrected chi connectivity index (χ2v) is 6.80. The molecule has 4 rings (SSSR count). The lowest BCUT2D eigenvalue weighted by molar-refractivity contribution is 0.0780. The van der Waals surface area contributed by atoms with Gasteiger partial charge in [-0.2, -0.15) is 5.10 Å². The Balaban J connectivity index is 0.00000210. The Bertz CT molecular complexity index is 906. The summed E-state index contributed by atoms with van der Waals surface area (Å²) in [4.78, 5) is 14.8. The van der Waals surface area contributed by atoms with Crippen molar-refractivity contribution in [2.45, 2.75) is 12.8 Å². The summed E-state index contributed by atoms with van der Waals surface area (Å²) in [5, 5.41) is 7.08. The van der Waals surface area contributed by atoms with Crippen LogP contribution in [0.4, 0.5) is 0 Å². The number of benzene rings is 1. The van der Waals surface area contributed by atoms with E-state index in [0.29, 0.717) is 36.8 Å². The Morgan fingerprint density at radius 2 is 2.04 bits per heavy atom. The van der Waals surface area contributed by atoms with E-state index in [1.807, 2.05) is 42.2 Å². The largest absolute Gasteiger partial charge is 0.460 e. The first kappa shape index (κ1) is 19.2. The number of hydrogen-bond acceptors (Lipinski definition) is 4. The summed E-state index contributed by atoms with van der Waals surface area (Å²) in [5.41, 5.74) is 8.31. The Hall–Kier alpha value is -2.57. The summed E-state index contributed by atoms with van der Waals surface area (Å²) >= 11 is 0. The number of nitrogens with two attached hydrogens (primary N) is 1. The highest BCUT2D eigenvalue weighted by molar-refractivity contribution is 5.93. The summed E-state index contributed by atoms with van der Waals surface area (Å²) in [6, 6.07) is 15.8. The fourth-order valence-electron chi connectivity index (χ4n) is 3.65. The number of likely N-dealkylation sites (tertiary alicyclic amines) is 1. The third-order valence-corrected chi connectivity index (χ3v) is 5.06. The molecule has 1 aliphatic rings. The number of H-pyrrole nitrogens is 1. The smallest absolute Gasteiger partial charge is 0.274 e. The topological polar surface area (TPSA) is 88.1 Å². The molecule has 0 aliphatic carbocycles. The minimum atomic E-state index is -0.0762. The van der Waals surface area contributed by atoms with Gasteiger partial charge in [0.1, 0.15) is 11.5 Å². The third-order valence-electron chi connectivity index (χ3n) is 5.06. The number of hydrogen-bond donors (Lipinski definition) is 2. The average Bonchev–Trinajstić information content (AvgIpc) is 3.40. The van der Waals surface area contributed by atoms with Crippen LogP contribution in [0.15, 0.2) is 52.9 Å². The molecule has 0 saturated carbocycles. The summed E-state index contributed by atoms with van der Waals surface area (Å²) < 4.78 is 5.58. The molecule has 0 unspecified atom stereocenters. The minimum Gasteiger partial charge on any atom is -0.460 e. The van der Waals surface area contributed by atoms with E-state index in [2.05, 4.69) is 22.3 Å². The monoisotopic (exact) mass is 386 g/mol. The molecular formula is C20H23ClN4O2. The second-order valence-electron chi connectivity index (χ2n) is 6.80. The van der Waals surface area contributed by atoms with Crippen molar-refractivity contribution in [2.24, 2.45) is 11.7 Å². The predicted octanol–water partition coefficient (Wildman–Crippen LogP) is 3.21. The normalized spacial score (nSPS) is 19.1. The Kier molecular flexibility index (Phi) is 5.68. The van der Waals surface area contributed by atoms with Gasteiger partial charge in [-0.25, -0.2) is 0 Å². The van der Waals surface area contributed by atoms with Gasteiger partial charge >= 0.3 is 0 Å². The van der Waals surface area contributed by atoms with E-state index in [9.17, 15) is 4.79 Å². The zero-order valence-electron chi connectivity index (χ0n) is 15.1. The predicted molar refractivity (Wildman–Crippen MR) is 106 cm³/mol. The molecule has 1 amide bonds. The molecule has 3 aromatic rings. The molecule has 0 spiro atoms. The van der Waals surface area contributed by atoms with Gasteiger partial charge in [-0.1, -0.05) is 30.3 Å². The number of furan rings is 1. The first-order chi connectivity index (χ1) is 12.7. The van der Waals surface area contributed by atoms with Gasteiger partial charge < -0.3 is 15.1 Å². The lowest BCUT2D eigenvalue weighted by atomic mass is 9.89. The molecule has 7 heteroatoms. The van der Waals surface area contributed by atoms with Crippen molar-refractivity contribution >= 4 is 18.3 Å². The number of carbonyl (C=O) groups is 1. The molecule has 2 atom stereocenters. The number of amides is 1. The molecule has 1 fully saturated rings. The maximum atomic E-state index is 12.9. The molecule has 27 heavy (non-hydrogen) atoms. The molecule has 3 N–H and O–H groups in total. The summed E-state index contributed by atoms with van der Waals surface area (Å²) in [6.45, 7) is 3.75. The molecule has 3 heterocycles. The van der Waals surface area contributed by atoms with Crippen molar-refractivity contribution in [2.75, 3.05) is 19.6 Å². The first-order valence-electron chi connectivity index (χ1n) is 8.82. The van der Waals surface area contributed by atoms with E-state index in [1.54, 1.807) is 6.07 Å². The average molecular weight is 387 g/mol. The lowest BCUT2D eigenvalue weighted by Crippen LogP contribution is -2.30. The van der Waals surface area contributed by atoms with Crippen LogP contribution in [0.3, 0.4) is 0 Å². The van der Waals surface area contributed by atoms with Gasteiger partial charge in [0.25, 0.3) is 5.91 Å². The lowest BCUT2D eigenvalue weighted by Gasteiger charge is -2.16. The van der Waals surface area contributed by atoms with Gasteiger partial charge in [-0.05, 0) is 37.1 Å². The SMILES string of the molecule is Cc1ccc(-c2cc(C(=O)N3C[C@@H](CN)[C@H](c4ccccc4)C3)n[nH]2)o1.Cl. The van der Waals surface area contributed by atoms with Crippen molar-refractivity contribution < 1.29 is 9.21 Å². The second kappa shape index (κ2) is 7.98. The van der Waals surface area contributed by atoms with Crippen LogP contribution < -0.4 is 5.73 Å². The van der Waals surface area contributed by atoms with Gasteiger partial charge in [-0.3, -0.25) is 9.89 Å². The van der Waals surface area contributed by atoms with Crippen LogP contribution in [-0.4, -0.2) is 40.6 Å². The highest BCUT2D eigenvalue weighted by Gasteiger charge is 2.36. The molecule has 1 aliphatic heterocycles. The van der Waals surface area contributed by atoms with Crippen molar-refractivity contribution in [3.63, 3.8) is 0 Å². The maximum absolute atomic E-state index is 12.9. The number of halogens is 1. The number of carbonyl (C=O) groups excluding carboxylic acids is 1. The number of nitrogens with zero attached hydrogens (tertiary/aromatic N) is 2. The van der Waals surface area contributed by atoms with Crippen molar-refractivity contribution in [3.05, 3.63) is 65.5 Å². The standard InChI is InChI=1S/C20H22N4O2.ClH/c1-13-7-8-19(26-13)17-9-18(23-22-17)20(25)24-11-15(10-21)16(12-24)14-5-3-2-4-6-14;/h2-9,15-16H,10-12,21H2,1H3,(H,22,23);1H/t15-,16+;/m1./s1. The van der Waals surface area contributed by atoms with E-state index < -0.39 is 0 Å². The van der Waals surface area contributed by atoms with Crippen molar-refractivity contribution in [1.82, 2.24) is 15.1 Å². The summed E-state index contributed by atoms with van der Waals surface area (Å²) in [6.07, 6.45) is 0. The molecule has 0 bridgehead atoms. The Labute approximate surface area is 164 Å². The molecular weight excluding hydrogens is 364 g/mol. The summed E-state index contributed by atoms with van der Waals surface area (Å²) in [7, 11) is 0. The van der Waals surface area contributed by atoms with Gasteiger partial charge in [0.15, 0.2) is 11.5 Å². The Morgan fingerprint density at radius 1 is 1.26 bits per heavy atom. The quantitative estimate of drug-likeness (QED) is 0.720. The molecule has 0 radical (unpaired) electrons. The number of nitrogens with one attached hydrogen (secondary N) is 1. The number of aryl methyl sites for hydroxylation is 1. The van der Waals surface area contributed by atoms with Crippen LogP contribution in [0.2, 0.25) is 0 Å². The van der Waals surface area contributed by atoms with Gasteiger partial charge in [-0.15, -0.1) is 12.4 Å². The van der Waals surface area contributed by atoms with Gasteiger partial charge in [0.2, 0.25) is 0 Å². The minimum absolute atomic E-state index is 0. The van der Waals surface area contributed by atoms with E-state index in [4.69, 9.17) is 10.2 Å². The molecule has 1 aromatic carbocycles. The number of aromatic amines is 1. The maximum Gasteiger partial charge on any atom is 0.274 e. The highest BCUT2D eigenvalue weighted by Crippen LogP contribution is 2.33. The Morgan fingerprint density at radius 3 is 2.70 bits per heavy atom. The fraction of sp³-hybridized carbons (Fsp3) is 0.300. The van der Waals surface area contributed by atoms with E-state index in [0.717, 1.165) is 5.76 Å². The van der Waals surface area contributed by atoms with E-state index in [1.165, 1.54) is 5.56 Å². The third kappa shape index (κ3) is 3.77. The number of aromatic nitrogens is 2. The molecule has 2 aromatic heterocycles. The number of rotatable bonds is 4. The van der Waals surface area contributed by atoms with Crippen LogP contribution in [-0.2, 0) is 0 Å². The van der Waals surface area contributed by atoms with Crippen LogP contribution in [0.5, 0.6) is 0 Å². The molecule has 6 nitrogen and oxygen atoms in total. The zero-order chi connectivity index (χ0) is 18.1. The fourth-order valence-corrected chi connectivity index (χ4v) is 3.65. The highest BCUT2D eigenvalue weighted by atomic mass is 35.5. The van der Waals surface area contributed by atoms with Crippen LogP contribution in [0, 0.1) is 12.8 Å². The van der Waals surface area contributed by atoms with E-state index in [-0.39, 0.29) is 30.2 Å². The van der Waals surface area contributed by atoms with Crippen LogP contribution in [0.1, 0.15) is 27.7 Å². The summed E-state index contributed by atoms with van der Waals surface area (Å²) in [5.74, 6) is 1.94. The van der Waals surface area contributed by atoms with Gasteiger partial charge in [0.05, 0.1) is 0 Å². The zero-order valence-corrected chi connectivity index (χ0v) is 15.9.